The summed E-state index contributed by atoms with van der Waals surface area (Å²) in [6.45, 7) is 19.5. The van der Waals surface area contributed by atoms with Crippen LogP contribution in [0.5, 0.6) is 0 Å². The highest BCUT2D eigenvalue weighted by molar-refractivity contribution is 5.50. The Morgan fingerprint density at radius 1 is 0.524 bits per heavy atom. The van der Waals surface area contributed by atoms with Gasteiger partial charge in [0.1, 0.15) is 0 Å². The van der Waals surface area contributed by atoms with Crippen molar-refractivity contribution in [3.05, 3.63) is 97.2 Å². The highest BCUT2D eigenvalue weighted by atomic mass is 14.2. The lowest BCUT2D eigenvalue weighted by Gasteiger charge is -2.20. The number of hydrogen-bond donors (Lipinski definition) is 0. The smallest absolute Gasteiger partial charge is 0.00942 e. The summed E-state index contributed by atoms with van der Waals surface area (Å²) in [6.07, 6.45) is 14.2. The molecule has 0 unspecified atom stereocenters. The van der Waals surface area contributed by atoms with Crippen LogP contribution in [-0.4, -0.2) is 0 Å². The van der Waals surface area contributed by atoms with Gasteiger partial charge in [0.15, 0.2) is 0 Å². The van der Waals surface area contributed by atoms with Crippen molar-refractivity contribution in [3.8, 4) is 0 Å². The first-order valence-corrected chi connectivity index (χ1v) is 7.43. The zero-order valence-electron chi connectivity index (χ0n) is 13.0. The van der Waals surface area contributed by atoms with Gasteiger partial charge in [0.25, 0.3) is 0 Å². The molecule has 0 heteroatoms. The quantitative estimate of drug-likeness (QED) is 0.507. The fourth-order valence-corrected chi connectivity index (χ4v) is 2.82. The summed E-state index contributed by atoms with van der Waals surface area (Å²) in [6, 6.07) is 2.30. The highest BCUT2D eigenvalue weighted by Gasteiger charge is 2.14. The van der Waals surface area contributed by atoms with E-state index in [9.17, 15) is 0 Å². The van der Waals surface area contributed by atoms with Crippen molar-refractivity contribution in [2.45, 2.75) is 32.1 Å². The lowest BCUT2D eigenvalue weighted by molar-refractivity contribution is 1.01. The zero-order chi connectivity index (χ0) is 15.7. The van der Waals surface area contributed by atoms with Crippen LogP contribution < -0.4 is 0 Å². The molecule has 0 amide bonds. The van der Waals surface area contributed by atoms with Gasteiger partial charge in [-0.25, -0.2) is 0 Å². The molecule has 0 bridgehead atoms. The van der Waals surface area contributed by atoms with Crippen molar-refractivity contribution >= 4 is 0 Å². The summed E-state index contributed by atoms with van der Waals surface area (Å²) >= 11 is 0. The molecule has 0 fully saturated rings. The molecule has 0 aromatic heterocycles. The Balaban J connectivity index is 3.62. The van der Waals surface area contributed by atoms with E-state index in [1.165, 1.54) is 27.8 Å². The van der Waals surface area contributed by atoms with Crippen LogP contribution in [0.15, 0.2) is 69.3 Å². The molecule has 0 saturated heterocycles. The van der Waals surface area contributed by atoms with Gasteiger partial charge in [0.05, 0.1) is 0 Å². The van der Waals surface area contributed by atoms with Crippen molar-refractivity contribution in [2.24, 2.45) is 0 Å². The molecule has 1 rings (SSSR count). The van der Waals surface area contributed by atoms with Gasteiger partial charge in [-0.05, 0) is 59.9 Å². The Morgan fingerprint density at radius 3 is 1.19 bits per heavy atom. The third-order valence-electron chi connectivity index (χ3n) is 3.63. The predicted octanol–water partition coefficient (Wildman–Crippen LogP) is 5.33. The van der Waals surface area contributed by atoms with E-state index in [1.54, 1.807) is 0 Å². The minimum atomic E-state index is 0.876. The Kier molecular flexibility index (Phi) is 7.25. The second kappa shape index (κ2) is 8.97. The molecular weight excluding hydrogens is 252 g/mol. The Morgan fingerprint density at radius 2 is 0.857 bits per heavy atom. The Hall–Kier alpha value is -2.08. The number of hydrogen-bond acceptors (Lipinski definition) is 0. The number of allylic oxidation sites excluding steroid dienone is 5. The molecule has 21 heavy (non-hydrogen) atoms. The molecule has 0 aliphatic heterocycles. The van der Waals surface area contributed by atoms with Gasteiger partial charge >= 0.3 is 0 Å². The van der Waals surface area contributed by atoms with E-state index in [0.29, 0.717) is 0 Å². The van der Waals surface area contributed by atoms with E-state index in [2.05, 4.69) is 39.0 Å². The van der Waals surface area contributed by atoms with Gasteiger partial charge < -0.3 is 0 Å². The summed E-state index contributed by atoms with van der Waals surface area (Å²) in [5, 5.41) is 0. The third kappa shape index (κ3) is 4.19. The van der Waals surface area contributed by atoms with E-state index >= 15 is 0 Å². The van der Waals surface area contributed by atoms with Crippen LogP contribution in [0.25, 0.3) is 0 Å². The highest BCUT2D eigenvalue weighted by Crippen LogP contribution is 2.27. The minimum Gasteiger partial charge on any atom is -0.103 e. The predicted molar refractivity (Wildman–Crippen MR) is 95.9 cm³/mol. The summed E-state index contributed by atoms with van der Waals surface area (Å²) in [4.78, 5) is 0. The van der Waals surface area contributed by atoms with Crippen LogP contribution in [0.1, 0.15) is 27.8 Å². The molecule has 1 aromatic rings. The van der Waals surface area contributed by atoms with Crippen LogP contribution in [-0.2, 0) is 32.1 Å². The maximum atomic E-state index is 3.92. The fourth-order valence-electron chi connectivity index (χ4n) is 2.82. The van der Waals surface area contributed by atoms with Gasteiger partial charge in [-0.3, -0.25) is 0 Å². The van der Waals surface area contributed by atoms with Crippen LogP contribution in [0.4, 0.5) is 0 Å². The largest absolute Gasteiger partial charge is 0.103 e. The van der Waals surface area contributed by atoms with E-state index in [1.807, 2.05) is 30.4 Å². The SMILES string of the molecule is C=CCc1cc(CC=C)c(CC=C)c(CC=C)c1CC=C. The molecule has 0 atom stereocenters. The molecule has 1 aromatic carbocycles. The van der Waals surface area contributed by atoms with Gasteiger partial charge in [-0.2, -0.15) is 0 Å². The van der Waals surface area contributed by atoms with Gasteiger partial charge in [0.2, 0.25) is 0 Å². The van der Waals surface area contributed by atoms with Crippen molar-refractivity contribution < 1.29 is 0 Å². The summed E-state index contributed by atoms with van der Waals surface area (Å²) in [5.41, 5.74) is 6.79. The van der Waals surface area contributed by atoms with Crippen LogP contribution >= 0.6 is 0 Å². The molecule has 0 spiro atoms. The van der Waals surface area contributed by atoms with E-state index in [-0.39, 0.29) is 0 Å². The lowest BCUT2D eigenvalue weighted by atomic mass is 9.85. The van der Waals surface area contributed by atoms with Crippen LogP contribution in [0, 0.1) is 0 Å². The van der Waals surface area contributed by atoms with Crippen molar-refractivity contribution in [1.29, 1.82) is 0 Å². The summed E-state index contributed by atoms with van der Waals surface area (Å²) < 4.78 is 0. The Bertz CT molecular complexity index is 501. The fraction of sp³-hybridized carbons (Fsp3) is 0.238. The number of benzene rings is 1. The summed E-state index contributed by atoms with van der Waals surface area (Å²) in [7, 11) is 0. The molecule has 0 radical (unpaired) electrons. The normalized spacial score (nSPS) is 9.90. The van der Waals surface area contributed by atoms with Crippen molar-refractivity contribution in [2.75, 3.05) is 0 Å². The van der Waals surface area contributed by atoms with Gasteiger partial charge in [-0.1, -0.05) is 36.4 Å². The molecule has 0 aliphatic carbocycles. The van der Waals surface area contributed by atoms with E-state index < -0.39 is 0 Å². The van der Waals surface area contributed by atoms with Crippen LogP contribution in [0.2, 0.25) is 0 Å². The summed E-state index contributed by atoms with van der Waals surface area (Å²) in [5.74, 6) is 0. The maximum Gasteiger partial charge on any atom is -0.00942 e. The van der Waals surface area contributed by atoms with E-state index in [0.717, 1.165) is 32.1 Å². The van der Waals surface area contributed by atoms with Crippen molar-refractivity contribution in [1.82, 2.24) is 0 Å². The Labute approximate surface area is 129 Å². The average Bonchev–Trinajstić information content (AvgIpc) is 2.47. The van der Waals surface area contributed by atoms with Crippen molar-refractivity contribution in [3.63, 3.8) is 0 Å². The molecule has 0 nitrogen and oxygen atoms in total. The molecule has 0 heterocycles. The lowest BCUT2D eigenvalue weighted by Crippen LogP contribution is -2.07. The van der Waals surface area contributed by atoms with Gasteiger partial charge in [-0.15, -0.1) is 32.9 Å². The second-order valence-electron chi connectivity index (χ2n) is 5.09. The van der Waals surface area contributed by atoms with Crippen LogP contribution in [0.3, 0.4) is 0 Å². The molecule has 110 valence electrons. The topological polar surface area (TPSA) is 0 Å². The number of rotatable bonds is 10. The first-order chi connectivity index (χ1) is 10.2. The first kappa shape index (κ1) is 17.0. The molecule has 0 saturated carbocycles. The molecule has 0 N–H and O–H groups in total. The molecular formula is C21H26. The minimum absolute atomic E-state index is 0.876. The monoisotopic (exact) mass is 278 g/mol. The standard InChI is InChI=1S/C21H26/c1-6-11-17-16-18(12-7-2)20(14-9-4)21(15-10-5)19(17)13-8-3/h6-10,16H,1-5,11-15H2. The zero-order valence-corrected chi connectivity index (χ0v) is 13.0. The third-order valence-corrected chi connectivity index (χ3v) is 3.63. The van der Waals surface area contributed by atoms with E-state index in [4.69, 9.17) is 0 Å². The second-order valence-corrected chi connectivity index (χ2v) is 5.09. The van der Waals surface area contributed by atoms with Gasteiger partial charge in [0, 0.05) is 0 Å². The maximum absolute atomic E-state index is 3.92. The molecule has 0 aliphatic rings. The first-order valence-electron chi connectivity index (χ1n) is 7.43. The average molecular weight is 278 g/mol.